The topological polar surface area (TPSA) is 53.4 Å². The first-order valence-electron chi connectivity index (χ1n) is 7.01. The second-order valence-electron chi connectivity index (χ2n) is 5.70. The van der Waals surface area contributed by atoms with Crippen molar-refractivity contribution in [2.45, 2.75) is 32.6 Å². The van der Waals surface area contributed by atoms with Crippen LogP contribution in [0.4, 0.5) is 10.8 Å². The molecule has 1 aromatic heterocycles. The molecule has 1 aliphatic rings. The Morgan fingerprint density at radius 3 is 2.43 bits per heavy atom. The van der Waals surface area contributed by atoms with E-state index in [1.54, 1.807) is 0 Å². The molecule has 1 N–H and O–H groups in total. The second kappa shape index (κ2) is 5.15. The van der Waals surface area contributed by atoms with E-state index < -0.39 is 5.97 Å². The molecule has 1 aromatic carbocycles. The van der Waals surface area contributed by atoms with Gasteiger partial charge in [0, 0.05) is 18.7 Å². The van der Waals surface area contributed by atoms with Gasteiger partial charge in [-0.3, -0.25) is 0 Å². The summed E-state index contributed by atoms with van der Waals surface area (Å²) in [7, 11) is 1.94. The summed E-state index contributed by atoms with van der Waals surface area (Å²) in [4.78, 5) is 18.3. The highest BCUT2D eigenvalue weighted by molar-refractivity contribution is 7.17. The smallest absolute Gasteiger partial charge is 0.347 e. The van der Waals surface area contributed by atoms with Crippen molar-refractivity contribution < 1.29 is 9.90 Å². The number of aromatic carboxylic acids is 1. The van der Waals surface area contributed by atoms with E-state index in [0.29, 0.717) is 10.8 Å². The number of benzene rings is 1. The zero-order valence-corrected chi connectivity index (χ0v) is 13.2. The molecule has 110 valence electrons. The Hall–Kier alpha value is -1.88. The maximum Gasteiger partial charge on any atom is 0.347 e. The summed E-state index contributed by atoms with van der Waals surface area (Å²) in [5.41, 5.74) is 4.18. The Morgan fingerprint density at radius 2 is 1.90 bits per heavy atom. The van der Waals surface area contributed by atoms with Crippen LogP contribution in [0.5, 0.6) is 0 Å². The van der Waals surface area contributed by atoms with Gasteiger partial charge < -0.3 is 10.0 Å². The largest absolute Gasteiger partial charge is 0.477 e. The Kier molecular flexibility index (Phi) is 3.45. The first-order valence-corrected chi connectivity index (χ1v) is 7.83. The van der Waals surface area contributed by atoms with E-state index in [0.717, 1.165) is 29.4 Å². The van der Waals surface area contributed by atoms with Crippen LogP contribution in [0, 0.1) is 13.8 Å². The predicted octanol–water partition coefficient (Wildman–Crippen LogP) is 4.10. The Labute approximate surface area is 128 Å². The van der Waals surface area contributed by atoms with E-state index in [1.165, 1.54) is 22.5 Å². The summed E-state index contributed by atoms with van der Waals surface area (Å²) in [6, 6.07) is 6.30. The van der Waals surface area contributed by atoms with Crippen molar-refractivity contribution in [3.05, 3.63) is 39.9 Å². The van der Waals surface area contributed by atoms with Crippen LogP contribution in [0.3, 0.4) is 0 Å². The fourth-order valence-corrected chi connectivity index (χ4v) is 3.48. The van der Waals surface area contributed by atoms with Crippen LogP contribution in [0.1, 0.15) is 45.3 Å². The molecule has 0 aliphatic heterocycles. The number of thiazole rings is 1. The van der Waals surface area contributed by atoms with Crippen LogP contribution >= 0.6 is 11.3 Å². The van der Waals surface area contributed by atoms with E-state index in [2.05, 4.69) is 37.0 Å². The Morgan fingerprint density at radius 1 is 1.29 bits per heavy atom. The molecule has 1 fully saturated rings. The zero-order chi connectivity index (χ0) is 15.1. The molecule has 0 saturated heterocycles. The van der Waals surface area contributed by atoms with Crippen molar-refractivity contribution >= 4 is 28.1 Å². The molecule has 0 amide bonds. The van der Waals surface area contributed by atoms with Gasteiger partial charge in [0.05, 0.1) is 5.69 Å². The van der Waals surface area contributed by atoms with E-state index >= 15 is 0 Å². The summed E-state index contributed by atoms with van der Waals surface area (Å²) in [6.07, 6.45) is 2.10. The number of nitrogens with zero attached hydrogens (tertiary/aromatic N) is 2. The quantitative estimate of drug-likeness (QED) is 0.923. The number of hydrogen-bond acceptors (Lipinski definition) is 4. The molecule has 0 atom stereocenters. The third kappa shape index (κ3) is 2.78. The number of hydrogen-bond donors (Lipinski definition) is 1. The van der Waals surface area contributed by atoms with E-state index in [-0.39, 0.29) is 0 Å². The van der Waals surface area contributed by atoms with Crippen LogP contribution < -0.4 is 4.90 Å². The lowest BCUT2D eigenvalue weighted by molar-refractivity contribution is 0.0700. The van der Waals surface area contributed by atoms with Crippen LogP contribution in [0.25, 0.3) is 0 Å². The van der Waals surface area contributed by atoms with Crippen molar-refractivity contribution in [1.29, 1.82) is 0 Å². The normalized spacial score (nSPS) is 14.2. The minimum absolute atomic E-state index is 0.341. The first-order chi connectivity index (χ1) is 9.95. The summed E-state index contributed by atoms with van der Waals surface area (Å²) in [6.45, 7) is 4.12. The van der Waals surface area contributed by atoms with Crippen molar-refractivity contribution in [2.75, 3.05) is 11.9 Å². The molecule has 3 rings (SSSR count). The van der Waals surface area contributed by atoms with Crippen molar-refractivity contribution in [1.82, 2.24) is 4.98 Å². The Balaban J connectivity index is 1.99. The third-order valence-corrected chi connectivity index (χ3v) is 4.82. The number of carboxylic acid groups (broad SMARTS) is 1. The van der Waals surface area contributed by atoms with Gasteiger partial charge in [-0.25, -0.2) is 9.78 Å². The van der Waals surface area contributed by atoms with Gasteiger partial charge >= 0.3 is 5.97 Å². The minimum Gasteiger partial charge on any atom is -0.477 e. The van der Waals surface area contributed by atoms with Gasteiger partial charge in [-0.2, -0.15) is 0 Å². The highest BCUT2D eigenvalue weighted by Gasteiger charge is 2.32. The highest BCUT2D eigenvalue weighted by Crippen LogP contribution is 2.44. The van der Waals surface area contributed by atoms with Crippen molar-refractivity contribution in [2.24, 2.45) is 0 Å². The molecule has 2 aromatic rings. The fourth-order valence-electron chi connectivity index (χ4n) is 2.51. The monoisotopic (exact) mass is 302 g/mol. The molecule has 0 spiro atoms. The summed E-state index contributed by atoms with van der Waals surface area (Å²) < 4.78 is 0. The van der Waals surface area contributed by atoms with Gasteiger partial charge in [-0.1, -0.05) is 17.4 Å². The summed E-state index contributed by atoms with van der Waals surface area (Å²) in [5.74, 6) is -0.525. The number of carbonyl (C=O) groups is 1. The Bertz CT molecular complexity index is 684. The summed E-state index contributed by atoms with van der Waals surface area (Å²) >= 11 is 1.27. The lowest BCUT2D eigenvalue weighted by Crippen LogP contribution is -2.09. The number of aryl methyl sites for hydroxylation is 2. The fraction of sp³-hybridized carbons (Fsp3) is 0.375. The lowest BCUT2D eigenvalue weighted by atomic mass is 10.1. The average Bonchev–Trinajstić information content (AvgIpc) is 3.15. The third-order valence-electron chi connectivity index (χ3n) is 3.68. The van der Waals surface area contributed by atoms with Gasteiger partial charge in [0.1, 0.15) is 4.88 Å². The van der Waals surface area contributed by atoms with E-state index in [4.69, 9.17) is 0 Å². The molecule has 4 nitrogen and oxygen atoms in total. The number of anilines is 2. The minimum atomic E-state index is -0.866. The van der Waals surface area contributed by atoms with Gasteiger partial charge in [0.15, 0.2) is 5.13 Å². The predicted molar refractivity (Wildman–Crippen MR) is 85.0 cm³/mol. The molecular weight excluding hydrogens is 284 g/mol. The van der Waals surface area contributed by atoms with Crippen LogP contribution in [-0.4, -0.2) is 23.1 Å². The average molecular weight is 302 g/mol. The maximum absolute atomic E-state index is 11.4. The molecule has 0 bridgehead atoms. The molecule has 0 radical (unpaired) electrons. The van der Waals surface area contributed by atoms with Gasteiger partial charge in [0.25, 0.3) is 0 Å². The van der Waals surface area contributed by atoms with Crippen molar-refractivity contribution in [3.8, 4) is 0 Å². The van der Waals surface area contributed by atoms with Crippen molar-refractivity contribution in [3.63, 3.8) is 0 Å². The van der Waals surface area contributed by atoms with E-state index in [9.17, 15) is 9.90 Å². The second-order valence-corrected chi connectivity index (χ2v) is 6.67. The molecule has 1 heterocycles. The zero-order valence-electron chi connectivity index (χ0n) is 12.4. The lowest BCUT2D eigenvalue weighted by Gasteiger charge is -2.17. The first kappa shape index (κ1) is 14.1. The summed E-state index contributed by atoms with van der Waals surface area (Å²) in [5, 5.41) is 10.1. The number of aromatic nitrogens is 1. The van der Waals surface area contributed by atoms with Gasteiger partial charge in [0.2, 0.25) is 0 Å². The number of rotatable bonds is 4. The molecule has 0 unspecified atom stereocenters. The van der Waals surface area contributed by atoms with Gasteiger partial charge in [-0.05, 0) is 49.9 Å². The SMILES string of the molecule is Cc1cc(C)cc(N(C)c2nc(C3CC3)c(C(=O)O)s2)c1. The standard InChI is InChI=1S/C16H18N2O2S/c1-9-6-10(2)8-12(7-9)18(3)16-17-13(11-4-5-11)14(21-16)15(19)20/h6-8,11H,4-5H2,1-3H3,(H,19,20). The number of carboxylic acids is 1. The molecule has 21 heavy (non-hydrogen) atoms. The van der Waals surface area contributed by atoms with Crippen LogP contribution in [-0.2, 0) is 0 Å². The molecular formula is C16H18N2O2S. The highest BCUT2D eigenvalue weighted by atomic mass is 32.1. The molecule has 5 heteroatoms. The molecule has 1 aliphatic carbocycles. The van der Waals surface area contributed by atoms with E-state index in [1.807, 2.05) is 11.9 Å². The maximum atomic E-state index is 11.4. The van der Waals surface area contributed by atoms with Crippen LogP contribution in [0.2, 0.25) is 0 Å². The van der Waals surface area contributed by atoms with Crippen LogP contribution in [0.15, 0.2) is 18.2 Å². The molecule has 1 saturated carbocycles. The van der Waals surface area contributed by atoms with Gasteiger partial charge in [-0.15, -0.1) is 0 Å².